The number of hydrogen-bond acceptors (Lipinski definition) is 2. The van der Waals surface area contributed by atoms with Crippen LogP contribution in [-0.4, -0.2) is 18.2 Å². The first kappa shape index (κ1) is 8.97. The minimum atomic E-state index is -0.920. The zero-order chi connectivity index (χ0) is 9.26. The molecule has 2 saturated carbocycles. The van der Waals surface area contributed by atoms with Crippen molar-refractivity contribution in [2.24, 2.45) is 5.92 Å². The normalized spacial score (nSPS) is 34.2. The van der Waals surface area contributed by atoms with E-state index in [1.165, 1.54) is 0 Å². The molecule has 2 fully saturated rings. The van der Waals surface area contributed by atoms with Gasteiger partial charge in [-0.2, -0.15) is 0 Å². The molecule has 2 nitrogen and oxygen atoms in total. The molecule has 0 aromatic rings. The number of esters is 1. The molecule has 0 saturated heterocycles. The molecule has 2 aliphatic rings. The molecule has 13 heavy (non-hydrogen) atoms. The standard InChI is InChI=1S/C10H15FO2/c11-8-3-1-2-4-9(8)13-10(12)7-5-6-7/h7-9H,1-6H2. The topological polar surface area (TPSA) is 26.3 Å². The summed E-state index contributed by atoms with van der Waals surface area (Å²) in [6.45, 7) is 0. The van der Waals surface area contributed by atoms with Gasteiger partial charge in [0.15, 0.2) is 0 Å². The summed E-state index contributed by atoms with van der Waals surface area (Å²) in [6.07, 6.45) is 3.69. The van der Waals surface area contributed by atoms with E-state index in [2.05, 4.69) is 0 Å². The van der Waals surface area contributed by atoms with Crippen LogP contribution in [-0.2, 0) is 9.53 Å². The van der Waals surface area contributed by atoms with Gasteiger partial charge in [-0.05, 0) is 32.1 Å². The van der Waals surface area contributed by atoms with Gasteiger partial charge in [-0.3, -0.25) is 4.79 Å². The van der Waals surface area contributed by atoms with Crippen molar-refractivity contribution < 1.29 is 13.9 Å². The van der Waals surface area contributed by atoms with Crippen molar-refractivity contribution in [2.45, 2.75) is 50.8 Å². The second-order valence-corrected chi connectivity index (χ2v) is 4.05. The van der Waals surface area contributed by atoms with Gasteiger partial charge in [0.25, 0.3) is 0 Å². The number of carbonyl (C=O) groups excluding carboxylic acids is 1. The summed E-state index contributed by atoms with van der Waals surface area (Å²) in [6, 6.07) is 0. The fraction of sp³-hybridized carbons (Fsp3) is 0.900. The zero-order valence-electron chi connectivity index (χ0n) is 7.67. The fourth-order valence-corrected chi connectivity index (χ4v) is 1.75. The second kappa shape index (κ2) is 3.64. The number of ether oxygens (including phenoxy) is 1. The minimum Gasteiger partial charge on any atom is -0.459 e. The maximum Gasteiger partial charge on any atom is 0.309 e. The number of hydrogen-bond donors (Lipinski definition) is 0. The van der Waals surface area contributed by atoms with E-state index in [1.807, 2.05) is 0 Å². The van der Waals surface area contributed by atoms with Crippen molar-refractivity contribution in [3.05, 3.63) is 0 Å². The maximum absolute atomic E-state index is 13.2. The summed E-state index contributed by atoms with van der Waals surface area (Å²) < 4.78 is 18.3. The van der Waals surface area contributed by atoms with Gasteiger partial charge >= 0.3 is 5.97 Å². The van der Waals surface area contributed by atoms with E-state index in [-0.39, 0.29) is 11.9 Å². The van der Waals surface area contributed by atoms with Gasteiger partial charge in [-0.25, -0.2) is 4.39 Å². The second-order valence-electron chi connectivity index (χ2n) is 4.05. The van der Waals surface area contributed by atoms with Crippen LogP contribution in [0.15, 0.2) is 0 Å². The van der Waals surface area contributed by atoms with Crippen LogP contribution in [0.1, 0.15) is 38.5 Å². The van der Waals surface area contributed by atoms with Gasteiger partial charge in [-0.15, -0.1) is 0 Å². The van der Waals surface area contributed by atoms with Crippen LogP contribution in [0.4, 0.5) is 4.39 Å². The molecule has 2 unspecified atom stereocenters. The summed E-state index contributed by atoms with van der Waals surface area (Å²) in [5.41, 5.74) is 0. The smallest absolute Gasteiger partial charge is 0.309 e. The van der Waals surface area contributed by atoms with Crippen molar-refractivity contribution in [1.29, 1.82) is 0 Å². The monoisotopic (exact) mass is 186 g/mol. The molecule has 0 aliphatic heterocycles. The number of rotatable bonds is 2. The molecule has 0 spiro atoms. The van der Waals surface area contributed by atoms with Crippen LogP contribution < -0.4 is 0 Å². The highest BCUT2D eigenvalue weighted by atomic mass is 19.1. The molecule has 0 heterocycles. The quantitative estimate of drug-likeness (QED) is 0.618. The molecule has 74 valence electrons. The van der Waals surface area contributed by atoms with E-state index < -0.39 is 12.3 Å². The molecule has 2 atom stereocenters. The third kappa shape index (κ3) is 2.20. The summed E-state index contributed by atoms with van der Waals surface area (Å²) >= 11 is 0. The average Bonchev–Trinajstić information content (AvgIpc) is 2.91. The minimum absolute atomic E-state index is 0.0918. The van der Waals surface area contributed by atoms with Crippen LogP contribution in [0.3, 0.4) is 0 Å². The summed E-state index contributed by atoms with van der Waals surface area (Å²) in [5, 5.41) is 0. The fourth-order valence-electron chi connectivity index (χ4n) is 1.75. The Hall–Kier alpha value is -0.600. The number of alkyl halides is 1. The Morgan fingerprint density at radius 2 is 1.85 bits per heavy atom. The molecule has 0 aromatic carbocycles. The maximum atomic E-state index is 13.2. The Morgan fingerprint density at radius 1 is 1.15 bits per heavy atom. The third-order valence-electron chi connectivity index (χ3n) is 2.80. The highest BCUT2D eigenvalue weighted by Gasteiger charge is 2.35. The molecule has 0 N–H and O–H groups in total. The van der Waals surface area contributed by atoms with Gasteiger partial charge < -0.3 is 4.74 Å². The highest BCUT2D eigenvalue weighted by molar-refractivity contribution is 5.75. The SMILES string of the molecule is O=C(OC1CCCCC1F)C1CC1. The van der Waals surface area contributed by atoms with Gasteiger partial charge in [0, 0.05) is 0 Å². The van der Waals surface area contributed by atoms with E-state index in [0.717, 1.165) is 25.7 Å². The van der Waals surface area contributed by atoms with Crippen LogP contribution in [0.5, 0.6) is 0 Å². The molecule has 2 aliphatic carbocycles. The highest BCUT2D eigenvalue weighted by Crippen LogP contribution is 2.32. The first-order valence-electron chi connectivity index (χ1n) is 5.12. The lowest BCUT2D eigenvalue weighted by molar-refractivity contribution is -0.156. The molecular weight excluding hydrogens is 171 g/mol. The lowest BCUT2D eigenvalue weighted by Crippen LogP contribution is -2.31. The molecule has 0 amide bonds. The molecule has 0 bridgehead atoms. The predicted octanol–water partition coefficient (Wildman–Crippen LogP) is 2.22. The Morgan fingerprint density at radius 3 is 2.46 bits per heavy atom. The van der Waals surface area contributed by atoms with Crippen LogP contribution in [0.25, 0.3) is 0 Å². The molecule has 0 aromatic heterocycles. The lowest BCUT2D eigenvalue weighted by Gasteiger charge is -2.25. The zero-order valence-corrected chi connectivity index (χ0v) is 7.67. The third-order valence-corrected chi connectivity index (χ3v) is 2.80. The Balaban J connectivity index is 1.81. The first-order chi connectivity index (χ1) is 6.27. The Bertz CT molecular complexity index is 201. The predicted molar refractivity (Wildman–Crippen MR) is 46.0 cm³/mol. The van der Waals surface area contributed by atoms with E-state index in [9.17, 15) is 9.18 Å². The lowest BCUT2D eigenvalue weighted by atomic mass is 9.96. The van der Waals surface area contributed by atoms with Gasteiger partial charge in [0.05, 0.1) is 5.92 Å². The van der Waals surface area contributed by atoms with Gasteiger partial charge in [-0.1, -0.05) is 6.42 Å². The van der Waals surface area contributed by atoms with E-state index in [1.54, 1.807) is 0 Å². The van der Waals surface area contributed by atoms with Crippen molar-refractivity contribution in [3.63, 3.8) is 0 Å². The Kier molecular flexibility index (Phi) is 2.51. The molecular formula is C10H15FO2. The average molecular weight is 186 g/mol. The molecule has 3 heteroatoms. The number of carbonyl (C=O) groups is 1. The van der Waals surface area contributed by atoms with Crippen LogP contribution in [0.2, 0.25) is 0 Å². The molecule has 0 radical (unpaired) electrons. The summed E-state index contributed by atoms with van der Waals surface area (Å²) in [7, 11) is 0. The summed E-state index contributed by atoms with van der Waals surface area (Å²) in [4.78, 5) is 11.2. The van der Waals surface area contributed by atoms with Gasteiger partial charge in [0.2, 0.25) is 0 Å². The van der Waals surface area contributed by atoms with Gasteiger partial charge in [0.1, 0.15) is 12.3 Å². The Labute approximate surface area is 77.5 Å². The van der Waals surface area contributed by atoms with Crippen molar-refractivity contribution >= 4 is 5.97 Å². The van der Waals surface area contributed by atoms with Crippen LogP contribution in [0, 0.1) is 5.92 Å². The largest absolute Gasteiger partial charge is 0.459 e. The van der Waals surface area contributed by atoms with Crippen LogP contribution >= 0.6 is 0 Å². The van der Waals surface area contributed by atoms with Crippen molar-refractivity contribution in [2.75, 3.05) is 0 Å². The van der Waals surface area contributed by atoms with E-state index in [0.29, 0.717) is 12.8 Å². The van der Waals surface area contributed by atoms with E-state index in [4.69, 9.17) is 4.74 Å². The molecule has 2 rings (SSSR count). The summed E-state index contributed by atoms with van der Waals surface area (Å²) in [5.74, 6) is -0.0799. The van der Waals surface area contributed by atoms with E-state index >= 15 is 0 Å². The number of halogens is 1. The van der Waals surface area contributed by atoms with Crippen molar-refractivity contribution in [3.8, 4) is 0 Å². The van der Waals surface area contributed by atoms with Crippen molar-refractivity contribution in [1.82, 2.24) is 0 Å². The first-order valence-corrected chi connectivity index (χ1v) is 5.12.